The first kappa shape index (κ1) is 21.6. The second kappa shape index (κ2) is 9.63. The molecule has 0 saturated carbocycles. The van der Waals surface area contributed by atoms with E-state index in [1.54, 1.807) is 31.4 Å². The van der Waals surface area contributed by atoms with Gasteiger partial charge in [-0.15, -0.1) is 11.3 Å². The molecule has 1 aromatic heterocycles. The SMILES string of the molecule is CCCC(=O)Oc1ccccc1NC(=O)c1sc2ccc(OC)cc2c1OC(C)C. The molecule has 0 fully saturated rings. The second-order valence-electron chi connectivity index (χ2n) is 6.96. The number of ether oxygens (including phenoxy) is 3. The summed E-state index contributed by atoms with van der Waals surface area (Å²) in [7, 11) is 1.60. The van der Waals surface area contributed by atoms with Crippen LogP contribution in [0.5, 0.6) is 17.2 Å². The van der Waals surface area contributed by atoms with Gasteiger partial charge in [-0.3, -0.25) is 9.59 Å². The molecule has 30 heavy (non-hydrogen) atoms. The summed E-state index contributed by atoms with van der Waals surface area (Å²) in [5, 5.41) is 3.68. The summed E-state index contributed by atoms with van der Waals surface area (Å²) in [6.45, 7) is 5.73. The van der Waals surface area contributed by atoms with Gasteiger partial charge in [-0.25, -0.2) is 0 Å². The van der Waals surface area contributed by atoms with Crippen LogP contribution in [0.4, 0.5) is 5.69 Å². The van der Waals surface area contributed by atoms with E-state index in [0.717, 1.165) is 10.1 Å². The van der Waals surface area contributed by atoms with Crippen molar-refractivity contribution in [3.05, 3.63) is 47.3 Å². The van der Waals surface area contributed by atoms with Gasteiger partial charge in [0.25, 0.3) is 5.91 Å². The Labute approximate surface area is 179 Å². The van der Waals surface area contributed by atoms with Crippen LogP contribution in [0.3, 0.4) is 0 Å². The Bertz CT molecular complexity index is 1060. The average molecular weight is 428 g/mol. The number of hydrogen-bond donors (Lipinski definition) is 1. The number of thiophene rings is 1. The number of fused-ring (bicyclic) bond motifs is 1. The number of carbonyl (C=O) groups is 2. The quantitative estimate of drug-likeness (QED) is 0.371. The van der Waals surface area contributed by atoms with E-state index in [1.165, 1.54) is 11.3 Å². The van der Waals surface area contributed by atoms with Crippen LogP contribution in [0.25, 0.3) is 10.1 Å². The minimum absolute atomic E-state index is 0.108. The topological polar surface area (TPSA) is 73.9 Å². The maximum Gasteiger partial charge on any atom is 0.311 e. The lowest BCUT2D eigenvalue weighted by atomic mass is 10.2. The van der Waals surface area contributed by atoms with Crippen LogP contribution in [-0.2, 0) is 4.79 Å². The van der Waals surface area contributed by atoms with Crippen LogP contribution in [0, 0.1) is 0 Å². The van der Waals surface area contributed by atoms with Gasteiger partial charge >= 0.3 is 5.97 Å². The van der Waals surface area contributed by atoms with Gasteiger partial charge in [0.15, 0.2) is 11.5 Å². The number of nitrogens with one attached hydrogen (secondary N) is 1. The molecule has 0 radical (unpaired) electrons. The zero-order valence-corrected chi connectivity index (χ0v) is 18.3. The van der Waals surface area contributed by atoms with Crippen molar-refractivity contribution < 1.29 is 23.8 Å². The largest absolute Gasteiger partial charge is 0.497 e. The van der Waals surface area contributed by atoms with Crippen LogP contribution < -0.4 is 19.5 Å². The third-order valence-electron chi connectivity index (χ3n) is 4.22. The Morgan fingerprint density at radius 1 is 1.13 bits per heavy atom. The Morgan fingerprint density at radius 2 is 1.90 bits per heavy atom. The Morgan fingerprint density at radius 3 is 2.60 bits per heavy atom. The Hall–Kier alpha value is -3.06. The summed E-state index contributed by atoms with van der Waals surface area (Å²) in [5.74, 6) is 0.858. The fraction of sp³-hybridized carbons (Fsp3) is 0.304. The van der Waals surface area contributed by atoms with Gasteiger partial charge < -0.3 is 19.5 Å². The third-order valence-corrected chi connectivity index (χ3v) is 5.37. The molecular formula is C23H25NO5S. The van der Waals surface area contributed by atoms with E-state index in [9.17, 15) is 9.59 Å². The molecule has 1 amide bonds. The van der Waals surface area contributed by atoms with E-state index in [1.807, 2.05) is 39.0 Å². The number of amides is 1. The van der Waals surface area contributed by atoms with Crippen molar-refractivity contribution in [3.63, 3.8) is 0 Å². The second-order valence-corrected chi connectivity index (χ2v) is 8.02. The highest BCUT2D eigenvalue weighted by Crippen LogP contribution is 2.41. The zero-order valence-electron chi connectivity index (χ0n) is 17.5. The lowest BCUT2D eigenvalue weighted by Crippen LogP contribution is -2.15. The molecule has 0 spiro atoms. The molecule has 0 bridgehead atoms. The van der Waals surface area contributed by atoms with Crippen LogP contribution in [-0.4, -0.2) is 25.1 Å². The Kier molecular flexibility index (Phi) is 6.95. The highest BCUT2D eigenvalue weighted by Gasteiger charge is 2.22. The average Bonchev–Trinajstić information content (AvgIpc) is 3.06. The van der Waals surface area contributed by atoms with Crippen molar-refractivity contribution in [2.24, 2.45) is 0 Å². The summed E-state index contributed by atoms with van der Waals surface area (Å²) >= 11 is 1.34. The summed E-state index contributed by atoms with van der Waals surface area (Å²) in [6.07, 6.45) is 0.893. The smallest absolute Gasteiger partial charge is 0.311 e. The number of benzene rings is 2. The van der Waals surface area contributed by atoms with Crippen LogP contribution in [0.2, 0.25) is 0 Å². The first-order valence-corrected chi connectivity index (χ1v) is 10.6. The number of carbonyl (C=O) groups excluding carboxylic acids is 2. The van der Waals surface area contributed by atoms with Crippen LogP contribution in [0.15, 0.2) is 42.5 Å². The van der Waals surface area contributed by atoms with Crippen molar-refractivity contribution in [1.29, 1.82) is 0 Å². The van der Waals surface area contributed by atoms with E-state index in [0.29, 0.717) is 40.7 Å². The molecule has 6 nitrogen and oxygen atoms in total. The van der Waals surface area contributed by atoms with Crippen LogP contribution >= 0.6 is 11.3 Å². The number of esters is 1. The molecule has 3 aromatic rings. The highest BCUT2D eigenvalue weighted by molar-refractivity contribution is 7.21. The zero-order chi connectivity index (χ0) is 21.7. The number of hydrogen-bond acceptors (Lipinski definition) is 6. The molecule has 158 valence electrons. The molecule has 0 aliphatic rings. The van der Waals surface area contributed by atoms with Crippen LogP contribution in [0.1, 0.15) is 43.3 Å². The predicted molar refractivity (Wildman–Crippen MR) is 119 cm³/mol. The summed E-state index contributed by atoms with van der Waals surface area (Å²) in [5.41, 5.74) is 0.428. The third kappa shape index (κ3) is 4.91. The minimum atomic E-state index is -0.336. The number of methoxy groups -OCH3 is 1. The molecule has 7 heteroatoms. The van der Waals surface area contributed by atoms with Gasteiger partial charge in [0.1, 0.15) is 10.6 Å². The number of anilines is 1. The maximum absolute atomic E-state index is 13.2. The first-order valence-electron chi connectivity index (χ1n) is 9.81. The molecule has 1 heterocycles. The van der Waals surface area contributed by atoms with Gasteiger partial charge in [-0.05, 0) is 50.6 Å². The van der Waals surface area contributed by atoms with Gasteiger partial charge in [-0.1, -0.05) is 19.1 Å². The molecule has 1 N–H and O–H groups in total. The minimum Gasteiger partial charge on any atom is -0.497 e. The lowest BCUT2D eigenvalue weighted by molar-refractivity contribution is -0.134. The van der Waals surface area contributed by atoms with Gasteiger partial charge in [0.2, 0.25) is 0 Å². The van der Waals surface area contributed by atoms with Crippen molar-refractivity contribution in [1.82, 2.24) is 0 Å². The van der Waals surface area contributed by atoms with E-state index < -0.39 is 0 Å². The fourth-order valence-electron chi connectivity index (χ4n) is 2.90. The molecule has 0 saturated heterocycles. The highest BCUT2D eigenvalue weighted by atomic mass is 32.1. The molecule has 0 aliphatic carbocycles. The molecule has 0 atom stereocenters. The molecular weight excluding hydrogens is 402 g/mol. The van der Waals surface area contributed by atoms with Gasteiger partial charge in [0.05, 0.1) is 18.9 Å². The van der Waals surface area contributed by atoms with Crippen molar-refractivity contribution in [3.8, 4) is 17.2 Å². The van der Waals surface area contributed by atoms with Crippen molar-refractivity contribution >= 4 is 39.0 Å². The summed E-state index contributed by atoms with van der Waals surface area (Å²) in [4.78, 5) is 25.5. The molecule has 2 aromatic carbocycles. The van der Waals surface area contributed by atoms with E-state index in [4.69, 9.17) is 14.2 Å². The summed E-state index contributed by atoms with van der Waals surface area (Å²) < 4.78 is 17.6. The van der Waals surface area contributed by atoms with Crippen molar-refractivity contribution in [2.45, 2.75) is 39.7 Å². The van der Waals surface area contributed by atoms with E-state index >= 15 is 0 Å². The fourth-order valence-corrected chi connectivity index (χ4v) is 3.91. The molecule has 0 aliphatic heterocycles. The predicted octanol–water partition coefficient (Wildman–Crippen LogP) is 5.65. The van der Waals surface area contributed by atoms with E-state index in [2.05, 4.69) is 5.32 Å². The van der Waals surface area contributed by atoms with Gasteiger partial charge in [0, 0.05) is 16.5 Å². The monoisotopic (exact) mass is 427 g/mol. The standard InChI is InChI=1S/C23H25NO5S/c1-5-8-20(25)29-18-10-7-6-9-17(18)24-23(26)22-21(28-14(2)3)16-13-15(27-4)11-12-19(16)30-22/h6-7,9-14H,5,8H2,1-4H3,(H,24,26). The number of rotatable bonds is 8. The Balaban J connectivity index is 1.95. The van der Waals surface area contributed by atoms with Gasteiger partial charge in [-0.2, -0.15) is 0 Å². The van der Waals surface area contributed by atoms with E-state index in [-0.39, 0.29) is 18.0 Å². The van der Waals surface area contributed by atoms with Crippen molar-refractivity contribution in [2.75, 3.05) is 12.4 Å². The summed E-state index contributed by atoms with van der Waals surface area (Å²) in [6, 6.07) is 12.5. The maximum atomic E-state index is 13.2. The first-order chi connectivity index (χ1) is 14.4. The molecule has 0 unspecified atom stereocenters. The molecule has 3 rings (SSSR count). The number of para-hydroxylation sites is 2. The lowest BCUT2D eigenvalue weighted by Gasteiger charge is -2.13. The normalized spacial score (nSPS) is 10.8.